The average Bonchev–Trinajstić information content (AvgIpc) is 2.91. The first-order chi connectivity index (χ1) is 18.0. The largest absolute Gasteiger partial charge is 0.396 e. The molecule has 0 unspecified atom stereocenters. The van der Waals surface area contributed by atoms with E-state index in [2.05, 4.69) is 73.9 Å². The molecule has 2 aromatic rings. The predicted molar refractivity (Wildman–Crippen MR) is 158 cm³/mol. The van der Waals surface area contributed by atoms with Gasteiger partial charge in [-0.25, -0.2) is 4.98 Å². The van der Waals surface area contributed by atoms with Crippen LogP contribution in [0.1, 0.15) is 84.3 Å². The van der Waals surface area contributed by atoms with Crippen molar-refractivity contribution in [1.29, 1.82) is 0 Å². The molecule has 2 heterocycles. The minimum absolute atomic E-state index is 0.180. The van der Waals surface area contributed by atoms with Gasteiger partial charge in [0, 0.05) is 43.9 Å². The third-order valence-electron chi connectivity index (χ3n) is 9.11. The Morgan fingerprint density at radius 3 is 2.37 bits per heavy atom. The summed E-state index contributed by atoms with van der Waals surface area (Å²) >= 11 is 0. The predicted octanol–water partition coefficient (Wildman–Crippen LogP) is 4.85. The summed E-state index contributed by atoms with van der Waals surface area (Å²) in [6, 6.07) is 13.6. The van der Waals surface area contributed by atoms with Gasteiger partial charge in [-0.05, 0) is 92.1 Å². The van der Waals surface area contributed by atoms with Crippen LogP contribution in [0.25, 0.3) is 11.3 Å². The Morgan fingerprint density at radius 1 is 1.03 bits per heavy atom. The zero-order valence-electron chi connectivity index (χ0n) is 24.3. The second-order valence-electron chi connectivity index (χ2n) is 13.0. The van der Waals surface area contributed by atoms with Gasteiger partial charge in [0.05, 0.1) is 11.8 Å². The summed E-state index contributed by atoms with van der Waals surface area (Å²) in [5, 5.41) is 19.2. The first-order valence-corrected chi connectivity index (χ1v) is 14.7. The van der Waals surface area contributed by atoms with E-state index < -0.39 is 6.10 Å². The maximum atomic E-state index is 9.96. The number of unbranched alkanes of at least 4 members (excludes halogenated alkanes) is 1. The van der Waals surface area contributed by atoms with Crippen LogP contribution in [0.2, 0.25) is 0 Å². The normalized spacial score (nSPS) is 20.8. The Kier molecular flexibility index (Phi) is 9.18. The van der Waals surface area contributed by atoms with Gasteiger partial charge in [-0.15, -0.1) is 0 Å². The van der Waals surface area contributed by atoms with E-state index in [4.69, 9.17) is 10.7 Å². The molecule has 1 saturated heterocycles. The minimum atomic E-state index is -0.525. The molecule has 1 aromatic heterocycles. The van der Waals surface area contributed by atoms with E-state index in [0.717, 1.165) is 56.8 Å². The lowest BCUT2D eigenvalue weighted by molar-refractivity contribution is 0.101. The van der Waals surface area contributed by atoms with Gasteiger partial charge in [-0.3, -0.25) is 4.90 Å². The van der Waals surface area contributed by atoms with E-state index >= 15 is 0 Å². The maximum absolute atomic E-state index is 9.96. The van der Waals surface area contributed by atoms with Crippen LogP contribution in [-0.2, 0) is 10.8 Å². The van der Waals surface area contributed by atoms with Gasteiger partial charge >= 0.3 is 0 Å². The fourth-order valence-electron chi connectivity index (χ4n) is 6.24. The molecule has 4 rings (SSSR count). The summed E-state index contributed by atoms with van der Waals surface area (Å²) in [5.74, 6) is 1.05. The third kappa shape index (κ3) is 6.59. The molecule has 0 saturated carbocycles. The third-order valence-corrected chi connectivity index (χ3v) is 9.11. The highest BCUT2D eigenvalue weighted by atomic mass is 16.3. The molecule has 2 atom stereocenters. The molecule has 1 aliphatic carbocycles. The fourth-order valence-corrected chi connectivity index (χ4v) is 6.24. The minimum Gasteiger partial charge on any atom is -0.396 e. The molecule has 1 fully saturated rings. The van der Waals surface area contributed by atoms with E-state index in [9.17, 15) is 10.2 Å². The zero-order valence-corrected chi connectivity index (χ0v) is 24.3. The van der Waals surface area contributed by atoms with Crippen LogP contribution in [0.5, 0.6) is 0 Å². The lowest BCUT2D eigenvalue weighted by atomic mass is 9.63. The number of piperidine rings is 1. The monoisotopic (exact) mass is 522 g/mol. The van der Waals surface area contributed by atoms with Gasteiger partial charge < -0.3 is 20.8 Å². The highest BCUT2D eigenvalue weighted by Crippen LogP contribution is 2.46. The van der Waals surface area contributed by atoms with Crippen LogP contribution in [0.4, 0.5) is 5.82 Å². The SMILES string of the molecule is C[C@@H](O)[C@H](N)CN(CCCCO)C1CCN(c2cccc(-c3ccc4c(c3)C(C)(C)CCC4(C)C)n2)CC1. The molecule has 0 bridgehead atoms. The number of anilines is 1. The van der Waals surface area contributed by atoms with Crippen LogP contribution in [0.3, 0.4) is 0 Å². The number of fused-ring (bicyclic) bond motifs is 1. The molecule has 4 N–H and O–H groups in total. The van der Waals surface area contributed by atoms with Gasteiger partial charge in [0.25, 0.3) is 0 Å². The standard InChI is InChI=1S/C32H50N4O2/c1-23(38)28(33)22-36(17-6-7-20-37)25-13-18-35(19-14-25)30-10-8-9-29(34-30)24-11-12-26-27(21-24)32(4,5)16-15-31(26,2)3/h8-12,21,23,25,28,37-38H,6-7,13-20,22,33H2,1-5H3/t23-,28-/m1/s1. The number of hydrogen-bond acceptors (Lipinski definition) is 6. The van der Waals surface area contributed by atoms with Crippen molar-refractivity contribution in [1.82, 2.24) is 9.88 Å². The second kappa shape index (κ2) is 12.0. The van der Waals surface area contributed by atoms with E-state index in [-0.39, 0.29) is 23.5 Å². The van der Waals surface area contributed by atoms with Gasteiger partial charge in [0.2, 0.25) is 0 Å². The summed E-state index contributed by atoms with van der Waals surface area (Å²) in [5.41, 5.74) is 11.8. The van der Waals surface area contributed by atoms with E-state index in [1.807, 2.05) is 0 Å². The number of nitrogens with zero attached hydrogens (tertiary/aromatic N) is 3. The number of nitrogens with two attached hydrogens (primary N) is 1. The molecule has 0 amide bonds. The van der Waals surface area contributed by atoms with Crippen LogP contribution in [-0.4, -0.2) is 71.1 Å². The number of benzene rings is 1. The first kappa shape index (κ1) is 29.0. The zero-order chi connectivity index (χ0) is 27.5. The first-order valence-electron chi connectivity index (χ1n) is 14.7. The number of aromatic nitrogens is 1. The van der Waals surface area contributed by atoms with Crippen LogP contribution in [0.15, 0.2) is 36.4 Å². The molecule has 210 valence electrons. The lowest BCUT2D eigenvalue weighted by Gasteiger charge is -2.42. The van der Waals surface area contributed by atoms with Crippen LogP contribution in [0, 0.1) is 0 Å². The number of aliphatic hydroxyl groups excluding tert-OH is 2. The quantitative estimate of drug-likeness (QED) is 0.387. The lowest BCUT2D eigenvalue weighted by Crippen LogP contribution is -2.51. The second-order valence-corrected chi connectivity index (χ2v) is 13.0. The van der Waals surface area contributed by atoms with Crippen LogP contribution < -0.4 is 10.6 Å². The van der Waals surface area contributed by atoms with Crippen molar-refractivity contribution in [2.45, 2.75) is 102 Å². The fraction of sp³-hybridized carbons (Fsp3) is 0.656. The van der Waals surface area contributed by atoms with E-state index in [0.29, 0.717) is 12.6 Å². The Labute approximate surface area is 230 Å². The van der Waals surface area contributed by atoms with Crippen molar-refractivity contribution in [3.63, 3.8) is 0 Å². The number of hydrogen-bond donors (Lipinski definition) is 3. The van der Waals surface area contributed by atoms with Crippen molar-refractivity contribution < 1.29 is 10.2 Å². The summed E-state index contributed by atoms with van der Waals surface area (Å²) in [6.07, 6.45) is 5.73. The summed E-state index contributed by atoms with van der Waals surface area (Å²) in [4.78, 5) is 9.98. The number of aliphatic hydroxyl groups is 2. The van der Waals surface area contributed by atoms with Crippen molar-refractivity contribution in [2.75, 3.05) is 37.7 Å². The van der Waals surface area contributed by atoms with E-state index in [1.54, 1.807) is 6.92 Å². The molecule has 0 spiro atoms. The molecular weight excluding hydrogens is 472 g/mol. The molecule has 1 aromatic carbocycles. The molecule has 1 aliphatic heterocycles. The van der Waals surface area contributed by atoms with Crippen molar-refractivity contribution in [2.24, 2.45) is 5.73 Å². The molecule has 6 nitrogen and oxygen atoms in total. The van der Waals surface area contributed by atoms with Gasteiger partial charge in [0.15, 0.2) is 0 Å². The summed E-state index contributed by atoms with van der Waals surface area (Å²) < 4.78 is 0. The highest BCUT2D eigenvalue weighted by Gasteiger charge is 2.37. The Morgan fingerprint density at radius 2 is 1.71 bits per heavy atom. The number of rotatable bonds is 10. The molecule has 6 heteroatoms. The topological polar surface area (TPSA) is 85.8 Å². The summed E-state index contributed by atoms with van der Waals surface area (Å²) in [7, 11) is 0. The van der Waals surface area contributed by atoms with E-state index in [1.165, 1.54) is 29.5 Å². The van der Waals surface area contributed by atoms with Gasteiger partial charge in [-0.2, -0.15) is 0 Å². The highest BCUT2D eigenvalue weighted by molar-refractivity contribution is 5.65. The van der Waals surface area contributed by atoms with Crippen molar-refractivity contribution in [3.05, 3.63) is 47.5 Å². The number of pyridine rings is 1. The summed E-state index contributed by atoms with van der Waals surface area (Å²) in [6.45, 7) is 15.0. The molecular formula is C32H50N4O2. The van der Waals surface area contributed by atoms with Gasteiger partial charge in [0.1, 0.15) is 5.82 Å². The maximum Gasteiger partial charge on any atom is 0.129 e. The smallest absolute Gasteiger partial charge is 0.129 e. The van der Waals surface area contributed by atoms with Gasteiger partial charge in [-0.1, -0.05) is 45.9 Å². The van der Waals surface area contributed by atoms with Crippen LogP contribution >= 0.6 is 0 Å². The van der Waals surface area contributed by atoms with Crippen molar-refractivity contribution in [3.8, 4) is 11.3 Å². The Bertz CT molecular complexity index is 1060. The van der Waals surface area contributed by atoms with Crippen molar-refractivity contribution >= 4 is 5.82 Å². The molecule has 2 aliphatic rings. The Balaban J connectivity index is 1.47. The molecule has 0 radical (unpaired) electrons. The Hall–Kier alpha value is -1.99. The molecule has 38 heavy (non-hydrogen) atoms. The average molecular weight is 523 g/mol.